The fourth-order valence-electron chi connectivity index (χ4n) is 2.44. The smallest absolute Gasteiger partial charge is 0.164 e. The van der Waals surface area contributed by atoms with Crippen LogP contribution in [0.5, 0.6) is 0 Å². The Morgan fingerprint density at radius 3 is 1.73 bits per heavy atom. The van der Waals surface area contributed by atoms with Crippen molar-refractivity contribution in [3.8, 4) is 0 Å². The van der Waals surface area contributed by atoms with E-state index >= 15 is 0 Å². The Kier molecular flexibility index (Phi) is 13.8. The summed E-state index contributed by atoms with van der Waals surface area (Å²) in [6.45, 7) is 1.53. The highest BCUT2D eigenvalue weighted by atomic mass is 16.4. The average Bonchev–Trinajstić information content (AvgIpc) is 2.54. The summed E-state index contributed by atoms with van der Waals surface area (Å²) in [5.41, 5.74) is 0. The molecule has 0 rings (SSSR count). The number of unbranched alkanes of at least 4 members (excludes halogenated alkanes) is 9. The quantitative estimate of drug-likeness (QED) is 0.346. The predicted octanol–water partition coefficient (Wildman–Crippen LogP) is 1.94. The number of rotatable bonds is 15. The molecule has 0 aromatic heterocycles. The zero-order valence-electron chi connectivity index (χ0n) is 13.9. The lowest BCUT2D eigenvalue weighted by molar-refractivity contribution is -0.140. The van der Waals surface area contributed by atoms with Crippen LogP contribution >= 0.6 is 0 Å². The molecule has 0 unspecified atom stereocenters. The van der Waals surface area contributed by atoms with Gasteiger partial charge in [-0.15, -0.1) is 0 Å². The van der Waals surface area contributed by atoms with Crippen molar-refractivity contribution in [3.63, 3.8) is 0 Å². The highest BCUT2D eigenvalue weighted by Crippen LogP contribution is 2.12. The zero-order valence-corrected chi connectivity index (χ0v) is 13.9. The van der Waals surface area contributed by atoms with Crippen molar-refractivity contribution in [1.82, 2.24) is 0 Å². The third-order valence-electron chi connectivity index (χ3n) is 4.01. The Morgan fingerprint density at radius 2 is 1.27 bits per heavy atom. The maximum Gasteiger partial charge on any atom is 0.164 e. The van der Waals surface area contributed by atoms with E-state index in [9.17, 15) is 20.1 Å². The minimum absolute atomic E-state index is 0.201. The SMILES string of the molecule is CCCCCCCCCCCCC(=O)[C@H](O)[C@@H](O)[C@H](O)CO. The summed E-state index contributed by atoms with van der Waals surface area (Å²) in [7, 11) is 0. The molecule has 0 aliphatic heterocycles. The van der Waals surface area contributed by atoms with Crippen molar-refractivity contribution in [2.24, 2.45) is 0 Å². The summed E-state index contributed by atoms with van der Waals surface area (Å²) >= 11 is 0. The van der Waals surface area contributed by atoms with Crippen LogP contribution < -0.4 is 0 Å². The van der Waals surface area contributed by atoms with Gasteiger partial charge >= 0.3 is 0 Å². The lowest BCUT2D eigenvalue weighted by Crippen LogP contribution is -2.43. The Balaban J connectivity index is 3.52. The molecule has 0 amide bonds. The zero-order chi connectivity index (χ0) is 16.8. The van der Waals surface area contributed by atoms with E-state index in [2.05, 4.69) is 6.92 Å². The first kappa shape index (κ1) is 21.5. The molecule has 0 aromatic carbocycles. The van der Waals surface area contributed by atoms with Gasteiger partial charge in [-0.3, -0.25) is 4.79 Å². The van der Waals surface area contributed by atoms with Crippen LogP contribution in [0.15, 0.2) is 0 Å². The molecule has 3 atom stereocenters. The van der Waals surface area contributed by atoms with Crippen LogP contribution in [-0.4, -0.2) is 51.1 Å². The molecule has 0 spiro atoms. The highest BCUT2D eigenvalue weighted by molar-refractivity contribution is 5.83. The van der Waals surface area contributed by atoms with E-state index in [0.29, 0.717) is 6.42 Å². The molecular weight excluding hydrogens is 284 g/mol. The molecule has 0 radical (unpaired) electrons. The summed E-state index contributed by atoms with van der Waals surface area (Å²) in [5, 5.41) is 36.8. The molecule has 0 saturated heterocycles. The van der Waals surface area contributed by atoms with Gasteiger partial charge in [0.15, 0.2) is 5.78 Å². The minimum atomic E-state index is -1.61. The van der Waals surface area contributed by atoms with E-state index in [0.717, 1.165) is 12.8 Å². The summed E-state index contributed by atoms with van der Waals surface area (Å²) in [5.74, 6) is -0.473. The van der Waals surface area contributed by atoms with Gasteiger partial charge in [0.05, 0.1) is 6.61 Å². The minimum Gasteiger partial charge on any atom is -0.394 e. The standard InChI is InChI=1S/C17H34O5/c1-2-3-4-5-6-7-8-9-10-11-12-14(19)16(21)17(22)15(20)13-18/h15-18,20-22H,2-13H2,1H3/t15-,16+,17+/m1/s1. The van der Waals surface area contributed by atoms with E-state index in [1.54, 1.807) is 0 Å². The van der Waals surface area contributed by atoms with Gasteiger partial charge in [0.1, 0.15) is 18.3 Å². The van der Waals surface area contributed by atoms with Crippen LogP contribution in [0, 0.1) is 0 Å². The third kappa shape index (κ3) is 10.3. The highest BCUT2D eigenvalue weighted by Gasteiger charge is 2.29. The van der Waals surface area contributed by atoms with Crippen molar-refractivity contribution >= 4 is 5.78 Å². The van der Waals surface area contributed by atoms with Gasteiger partial charge in [0.25, 0.3) is 0 Å². The maximum absolute atomic E-state index is 11.6. The van der Waals surface area contributed by atoms with Gasteiger partial charge in [0.2, 0.25) is 0 Å². The van der Waals surface area contributed by atoms with E-state index in [4.69, 9.17) is 5.11 Å². The van der Waals surface area contributed by atoms with Crippen LogP contribution in [0.3, 0.4) is 0 Å². The van der Waals surface area contributed by atoms with Gasteiger partial charge in [-0.25, -0.2) is 0 Å². The molecule has 5 nitrogen and oxygen atoms in total. The molecule has 5 heteroatoms. The fourth-order valence-corrected chi connectivity index (χ4v) is 2.44. The van der Waals surface area contributed by atoms with Crippen LogP contribution in [0.2, 0.25) is 0 Å². The lowest BCUT2D eigenvalue weighted by atomic mass is 9.99. The van der Waals surface area contributed by atoms with Crippen LogP contribution in [0.1, 0.15) is 77.6 Å². The Hall–Kier alpha value is -0.490. The number of Topliss-reactive ketones (excluding diaryl/α,β-unsaturated/α-hetero) is 1. The Morgan fingerprint density at radius 1 is 0.818 bits per heavy atom. The third-order valence-corrected chi connectivity index (χ3v) is 4.01. The summed E-state index contributed by atoms with van der Waals surface area (Å²) in [4.78, 5) is 11.6. The summed E-state index contributed by atoms with van der Waals surface area (Å²) in [6.07, 6.45) is 7.12. The van der Waals surface area contributed by atoms with Gasteiger partial charge in [-0.05, 0) is 6.42 Å². The Labute approximate surface area is 134 Å². The van der Waals surface area contributed by atoms with Crippen LogP contribution in [-0.2, 0) is 4.79 Å². The Bertz CT molecular complexity index is 270. The number of carbonyl (C=O) groups excluding carboxylic acids is 1. The summed E-state index contributed by atoms with van der Waals surface area (Å²) < 4.78 is 0. The molecule has 0 bridgehead atoms. The van der Waals surface area contributed by atoms with Crippen molar-refractivity contribution in [3.05, 3.63) is 0 Å². The number of ketones is 1. The van der Waals surface area contributed by atoms with Gasteiger partial charge in [0, 0.05) is 6.42 Å². The lowest BCUT2D eigenvalue weighted by Gasteiger charge is -2.20. The molecule has 0 saturated carbocycles. The molecule has 0 aliphatic carbocycles. The fraction of sp³-hybridized carbons (Fsp3) is 0.941. The topological polar surface area (TPSA) is 98.0 Å². The molecule has 0 fully saturated rings. The van der Waals surface area contributed by atoms with E-state index in [-0.39, 0.29) is 6.42 Å². The van der Waals surface area contributed by atoms with E-state index < -0.39 is 30.7 Å². The second kappa shape index (κ2) is 14.1. The predicted molar refractivity (Wildman–Crippen MR) is 86.6 cm³/mol. The van der Waals surface area contributed by atoms with Crippen molar-refractivity contribution in [2.75, 3.05) is 6.61 Å². The number of hydrogen-bond donors (Lipinski definition) is 4. The number of carbonyl (C=O) groups is 1. The molecule has 0 aromatic rings. The molecule has 22 heavy (non-hydrogen) atoms. The van der Waals surface area contributed by atoms with Gasteiger partial charge in [-0.1, -0.05) is 64.7 Å². The number of aliphatic hydroxyl groups excluding tert-OH is 4. The van der Waals surface area contributed by atoms with E-state index in [1.165, 1.54) is 44.9 Å². The second-order valence-electron chi connectivity index (χ2n) is 6.08. The number of hydrogen-bond acceptors (Lipinski definition) is 5. The monoisotopic (exact) mass is 318 g/mol. The molecule has 0 aliphatic rings. The number of aliphatic hydroxyl groups is 4. The molecule has 0 heterocycles. The molecular formula is C17H34O5. The van der Waals surface area contributed by atoms with Gasteiger partial charge in [-0.2, -0.15) is 0 Å². The van der Waals surface area contributed by atoms with Gasteiger partial charge < -0.3 is 20.4 Å². The summed E-state index contributed by atoms with van der Waals surface area (Å²) in [6, 6.07) is 0. The van der Waals surface area contributed by atoms with Crippen LogP contribution in [0.4, 0.5) is 0 Å². The normalized spacial score (nSPS) is 15.5. The van der Waals surface area contributed by atoms with E-state index in [1.807, 2.05) is 0 Å². The maximum atomic E-state index is 11.6. The van der Waals surface area contributed by atoms with Crippen molar-refractivity contribution in [2.45, 2.75) is 95.9 Å². The van der Waals surface area contributed by atoms with Crippen LogP contribution in [0.25, 0.3) is 0 Å². The molecule has 132 valence electrons. The van der Waals surface area contributed by atoms with Crippen molar-refractivity contribution < 1.29 is 25.2 Å². The first-order valence-corrected chi connectivity index (χ1v) is 8.72. The average molecular weight is 318 g/mol. The van der Waals surface area contributed by atoms with Crippen molar-refractivity contribution in [1.29, 1.82) is 0 Å². The first-order valence-electron chi connectivity index (χ1n) is 8.72. The largest absolute Gasteiger partial charge is 0.394 e. The molecule has 4 N–H and O–H groups in total. The first-order chi connectivity index (χ1) is 10.5. The second-order valence-corrected chi connectivity index (χ2v) is 6.08.